The molecule has 2 rings (SSSR count). The molecule has 0 radical (unpaired) electrons. The molecular formula is C11H18N4. The van der Waals surface area contributed by atoms with E-state index >= 15 is 0 Å². The second-order valence-electron chi connectivity index (χ2n) is 4.31. The average Bonchev–Trinajstić information content (AvgIpc) is 2.81. The topological polar surface area (TPSA) is 63.8 Å². The van der Waals surface area contributed by atoms with E-state index in [-0.39, 0.29) is 0 Å². The lowest BCUT2D eigenvalue weighted by molar-refractivity contribution is 0.833. The molecule has 0 aliphatic heterocycles. The molecule has 15 heavy (non-hydrogen) atoms. The number of nitrogens with zero attached hydrogens (tertiary/aromatic N) is 2. The maximum absolute atomic E-state index is 5.73. The van der Waals surface area contributed by atoms with Gasteiger partial charge in [-0.15, -0.1) is 0 Å². The third-order valence-corrected chi connectivity index (χ3v) is 2.71. The summed E-state index contributed by atoms with van der Waals surface area (Å²) in [6.45, 7) is 4.35. The Labute approximate surface area is 90.3 Å². The summed E-state index contributed by atoms with van der Waals surface area (Å²) in [5.41, 5.74) is 5.73. The van der Waals surface area contributed by atoms with Crippen LogP contribution in [0.25, 0.3) is 0 Å². The summed E-state index contributed by atoms with van der Waals surface area (Å²) >= 11 is 0. The largest absolute Gasteiger partial charge is 0.384 e. The SMILES string of the molecule is CCCc1nc(N)cc(NC2CC2C)n1. The Morgan fingerprint density at radius 1 is 1.53 bits per heavy atom. The first-order chi connectivity index (χ1) is 7.19. The van der Waals surface area contributed by atoms with Crippen LogP contribution in [0.15, 0.2) is 6.07 Å². The van der Waals surface area contributed by atoms with Gasteiger partial charge in [-0.25, -0.2) is 9.97 Å². The molecule has 4 nitrogen and oxygen atoms in total. The van der Waals surface area contributed by atoms with Gasteiger partial charge in [0.15, 0.2) is 0 Å². The quantitative estimate of drug-likeness (QED) is 0.789. The zero-order chi connectivity index (χ0) is 10.8. The van der Waals surface area contributed by atoms with Gasteiger partial charge < -0.3 is 11.1 Å². The molecule has 3 N–H and O–H groups in total. The van der Waals surface area contributed by atoms with Crippen molar-refractivity contribution in [2.24, 2.45) is 5.92 Å². The van der Waals surface area contributed by atoms with Crippen molar-refractivity contribution in [1.82, 2.24) is 9.97 Å². The van der Waals surface area contributed by atoms with Gasteiger partial charge in [-0.2, -0.15) is 0 Å². The number of nitrogens with two attached hydrogens (primary N) is 1. The molecule has 4 heteroatoms. The first-order valence-corrected chi connectivity index (χ1v) is 5.59. The van der Waals surface area contributed by atoms with E-state index in [2.05, 4.69) is 29.1 Å². The van der Waals surface area contributed by atoms with Crippen LogP contribution in [0.2, 0.25) is 0 Å². The van der Waals surface area contributed by atoms with Gasteiger partial charge in [0, 0.05) is 18.5 Å². The molecular weight excluding hydrogens is 188 g/mol. The van der Waals surface area contributed by atoms with E-state index in [1.807, 2.05) is 6.07 Å². The fourth-order valence-electron chi connectivity index (χ4n) is 1.64. The van der Waals surface area contributed by atoms with Crippen LogP contribution in [0.4, 0.5) is 11.6 Å². The molecule has 0 bridgehead atoms. The number of aryl methyl sites for hydroxylation is 1. The van der Waals surface area contributed by atoms with Crippen molar-refractivity contribution in [1.29, 1.82) is 0 Å². The fraction of sp³-hybridized carbons (Fsp3) is 0.636. The summed E-state index contributed by atoms with van der Waals surface area (Å²) in [5, 5.41) is 3.37. The lowest BCUT2D eigenvalue weighted by atomic mass is 10.3. The summed E-state index contributed by atoms with van der Waals surface area (Å²) in [6.07, 6.45) is 3.16. The van der Waals surface area contributed by atoms with Gasteiger partial charge in [-0.3, -0.25) is 0 Å². The molecule has 0 aromatic carbocycles. The highest BCUT2D eigenvalue weighted by Crippen LogP contribution is 2.32. The van der Waals surface area contributed by atoms with Crippen molar-refractivity contribution in [3.8, 4) is 0 Å². The predicted octanol–water partition coefficient (Wildman–Crippen LogP) is 1.83. The molecule has 1 heterocycles. The number of nitrogens with one attached hydrogen (secondary N) is 1. The first-order valence-electron chi connectivity index (χ1n) is 5.59. The van der Waals surface area contributed by atoms with Crippen molar-refractivity contribution >= 4 is 11.6 Å². The highest BCUT2D eigenvalue weighted by molar-refractivity contribution is 5.46. The Morgan fingerprint density at radius 2 is 2.27 bits per heavy atom. The number of rotatable bonds is 4. The van der Waals surface area contributed by atoms with E-state index in [1.165, 1.54) is 6.42 Å². The van der Waals surface area contributed by atoms with E-state index < -0.39 is 0 Å². The second kappa shape index (κ2) is 4.04. The predicted molar refractivity (Wildman–Crippen MR) is 61.6 cm³/mol. The Kier molecular flexibility index (Phi) is 2.75. The molecule has 2 unspecified atom stereocenters. The Balaban J connectivity index is 2.08. The van der Waals surface area contributed by atoms with E-state index in [0.29, 0.717) is 11.9 Å². The Morgan fingerprint density at radius 3 is 2.87 bits per heavy atom. The average molecular weight is 206 g/mol. The first kappa shape index (κ1) is 10.2. The molecule has 0 saturated heterocycles. The van der Waals surface area contributed by atoms with Crippen LogP contribution < -0.4 is 11.1 Å². The summed E-state index contributed by atoms with van der Waals surface area (Å²) in [7, 11) is 0. The van der Waals surface area contributed by atoms with Crippen molar-refractivity contribution in [3.63, 3.8) is 0 Å². The maximum atomic E-state index is 5.73. The zero-order valence-electron chi connectivity index (χ0n) is 9.33. The molecule has 1 aromatic rings. The minimum absolute atomic E-state index is 0.559. The molecule has 0 spiro atoms. The van der Waals surface area contributed by atoms with Gasteiger partial charge in [-0.1, -0.05) is 13.8 Å². The number of hydrogen-bond donors (Lipinski definition) is 2. The van der Waals surface area contributed by atoms with Crippen molar-refractivity contribution in [3.05, 3.63) is 11.9 Å². The smallest absolute Gasteiger partial charge is 0.133 e. The van der Waals surface area contributed by atoms with Crippen molar-refractivity contribution in [2.75, 3.05) is 11.1 Å². The molecule has 2 atom stereocenters. The number of aromatic nitrogens is 2. The molecule has 1 saturated carbocycles. The van der Waals surface area contributed by atoms with Crippen LogP contribution >= 0.6 is 0 Å². The molecule has 82 valence electrons. The highest BCUT2D eigenvalue weighted by Gasteiger charge is 2.32. The van der Waals surface area contributed by atoms with Crippen LogP contribution in [0.1, 0.15) is 32.5 Å². The lowest BCUT2D eigenvalue weighted by Crippen LogP contribution is -2.09. The Hall–Kier alpha value is -1.32. The monoisotopic (exact) mass is 206 g/mol. The van der Waals surface area contributed by atoms with Crippen LogP contribution in [-0.2, 0) is 6.42 Å². The van der Waals surface area contributed by atoms with E-state index in [9.17, 15) is 0 Å². The lowest BCUT2D eigenvalue weighted by Gasteiger charge is -2.07. The molecule has 1 aliphatic rings. The van der Waals surface area contributed by atoms with Crippen LogP contribution in [-0.4, -0.2) is 16.0 Å². The minimum Gasteiger partial charge on any atom is -0.384 e. The van der Waals surface area contributed by atoms with Crippen LogP contribution in [0.5, 0.6) is 0 Å². The summed E-state index contributed by atoms with van der Waals surface area (Å²) < 4.78 is 0. The highest BCUT2D eigenvalue weighted by atomic mass is 15.1. The summed E-state index contributed by atoms with van der Waals surface area (Å²) in [4.78, 5) is 8.63. The summed E-state index contributed by atoms with van der Waals surface area (Å²) in [5.74, 6) is 3.04. The van der Waals surface area contributed by atoms with Crippen molar-refractivity contribution < 1.29 is 0 Å². The molecule has 1 aliphatic carbocycles. The fourth-order valence-corrected chi connectivity index (χ4v) is 1.64. The van der Waals surface area contributed by atoms with Gasteiger partial charge in [0.05, 0.1) is 0 Å². The van der Waals surface area contributed by atoms with Gasteiger partial charge in [0.25, 0.3) is 0 Å². The molecule has 1 fully saturated rings. The number of hydrogen-bond acceptors (Lipinski definition) is 4. The van der Waals surface area contributed by atoms with E-state index in [0.717, 1.165) is 30.4 Å². The minimum atomic E-state index is 0.559. The Bertz CT molecular complexity index is 350. The van der Waals surface area contributed by atoms with Crippen LogP contribution in [0.3, 0.4) is 0 Å². The zero-order valence-corrected chi connectivity index (χ0v) is 9.33. The third kappa shape index (κ3) is 2.58. The van der Waals surface area contributed by atoms with Gasteiger partial charge in [-0.05, 0) is 18.8 Å². The second-order valence-corrected chi connectivity index (χ2v) is 4.31. The van der Waals surface area contributed by atoms with Gasteiger partial charge >= 0.3 is 0 Å². The summed E-state index contributed by atoms with van der Waals surface area (Å²) in [6, 6.07) is 2.39. The number of nitrogen functional groups attached to an aromatic ring is 1. The van der Waals surface area contributed by atoms with Crippen molar-refractivity contribution in [2.45, 2.75) is 39.2 Å². The maximum Gasteiger partial charge on any atom is 0.133 e. The third-order valence-electron chi connectivity index (χ3n) is 2.71. The standard InChI is InChI=1S/C11H18N4/c1-3-4-10-14-9(12)6-11(15-10)13-8-5-7(8)2/h6-8H,3-5H2,1-2H3,(H3,12,13,14,15). The van der Waals surface area contributed by atoms with E-state index in [4.69, 9.17) is 5.73 Å². The van der Waals surface area contributed by atoms with Crippen LogP contribution in [0, 0.1) is 5.92 Å². The molecule has 0 amide bonds. The van der Waals surface area contributed by atoms with Gasteiger partial charge in [0.2, 0.25) is 0 Å². The van der Waals surface area contributed by atoms with E-state index in [1.54, 1.807) is 0 Å². The molecule has 1 aromatic heterocycles. The normalized spacial score (nSPS) is 23.9. The number of anilines is 2. The van der Waals surface area contributed by atoms with Gasteiger partial charge in [0.1, 0.15) is 17.5 Å².